The van der Waals surface area contributed by atoms with Gasteiger partial charge in [0.05, 0.1) is 12.1 Å². The van der Waals surface area contributed by atoms with Crippen molar-refractivity contribution in [2.24, 2.45) is 0 Å². The Kier molecular flexibility index (Phi) is 2.74. The molecule has 2 fully saturated rings. The quantitative estimate of drug-likeness (QED) is 0.752. The Morgan fingerprint density at radius 3 is 3.00 bits per heavy atom. The summed E-state index contributed by atoms with van der Waals surface area (Å²) in [5.41, 5.74) is 1.03. The number of hydrogen-bond acceptors (Lipinski definition) is 3. The number of fused-ring (bicyclic) bond motifs is 1. The Labute approximate surface area is 106 Å². The molecule has 4 nitrogen and oxygen atoms in total. The monoisotopic (exact) mass is 247 g/mol. The largest absolute Gasteiger partial charge is 0.445 e. The molecule has 2 atom stereocenters. The van der Waals surface area contributed by atoms with Gasteiger partial charge in [-0.25, -0.2) is 4.79 Å². The molecule has 0 aromatic heterocycles. The van der Waals surface area contributed by atoms with E-state index < -0.39 is 0 Å². The van der Waals surface area contributed by atoms with Gasteiger partial charge in [0, 0.05) is 6.54 Å². The highest BCUT2D eigenvalue weighted by molar-refractivity contribution is 5.68. The number of amides is 1. The van der Waals surface area contributed by atoms with Crippen LogP contribution >= 0.6 is 0 Å². The summed E-state index contributed by atoms with van der Waals surface area (Å²) in [7, 11) is 0. The van der Waals surface area contributed by atoms with Crippen molar-refractivity contribution in [1.29, 1.82) is 0 Å². The van der Waals surface area contributed by atoms with Crippen LogP contribution in [0.5, 0.6) is 0 Å². The van der Waals surface area contributed by atoms with Gasteiger partial charge in [-0.3, -0.25) is 0 Å². The van der Waals surface area contributed by atoms with Crippen molar-refractivity contribution in [2.45, 2.75) is 31.7 Å². The number of nitrogens with zero attached hydrogens (tertiary/aromatic N) is 1. The molecule has 0 radical (unpaired) electrons. The zero-order valence-electron chi connectivity index (χ0n) is 10.5. The number of epoxide rings is 1. The summed E-state index contributed by atoms with van der Waals surface area (Å²) in [5, 5.41) is 0. The molecule has 96 valence electrons. The lowest BCUT2D eigenvalue weighted by Crippen LogP contribution is -2.42. The van der Waals surface area contributed by atoms with Crippen LogP contribution in [0.2, 0.25) is 0 Å². The van der Waals surface area contributed by atoms with Crippen molar-refractivity contribution in [1.82, 2.24) is 4.90 Å². The molecule has 1 aromatic rings. The molecule has 0 unspecified atom stereocenters. The zero-order chi connectivity index (χ0) is 12.6. The van der Waals surface area contributed by atoms with Crippen LogP contribution in [-0.4, -0.2) is 35.8 Å². The molecule has 0 N–H and O–H groups in total. The highest BCUT2D eigenvalue weighted by atomic mass is 16.6. The smallest absolute Gasteiger partial charge is 0.410 e. The molecule has 1 amide bonds. The predicted molar refractivity (Wildman–Crippen MR) is 66.1 cm³/mol. The molecule has 0 aliphatic carbocycles. The van der Waals surface area contributed by atoms with Crippen LogP contribution in [0, 0.1) is 0 Å². The first kappa shape index (κ1) is 11.5. The number of benzene rings is 1. The van der Waals surface area contributed by atoms with Gasteiger partial charge in [0.2, 0.25) is 0 Å². The van der Waals surface area contributed by atoms with E-state index in [0.29, 0.717) is 13.2 Å². The summed E-state index contributed by atoms with van der Waals surface area (Å²) in [6.45, 7) is 3.81. The van der Waals surface area contributed by atoms with E-state index in [4.69, 9.17) is 9.47 Å². The molecule has 2 aliphatic rings. The Hall–Kier alpha value is -1.55. The molecule has 0 saturated carbocycles. The van der Waals surface area contributed by atoms with Crippen LogP contribution in [-0.2, 0) is 16.1 Å². The topological polar surface area (TPSA) is 42.1 Å². The molecule has 2 aliphatic heterocycles. The highest BCUT2D eigenvalue weighted by Crippen LogP contribution is 2.42. The fourth-order valence-electron chi connectivity index (χ4n) is 2.37. The predicted octanol–water partition coefficient (Wildman–Crippen LogP) is 2.19. The van der Waals surface area contributed by atoms with Gasteiger partial charge in [0.1, 0.15) is 12.7 Å². The van der Waals surface area contributed by atoms with Crippen LogP contribution in [0.3, 0.4) is 0 Å². The van der Waals surface area contributed by atoms with E-state index in [9.17, 15) is 4.79 Å². The first-order valence-electron chi connectivity index (χ1n) is 6.31. The minimum absolute atomic E-state index is 0.0240. The van der Waals surface area contributed by atoms with Crippen molar-refractivity contribution < 1.29 is 14.3 Å². The number of hydrogen-bond donors (Lipinski definition) is 0. The lowest BCUT2D eigenvalue weighted by molar-refractivity contribution is 0.0902. The molecule has 4 heteroatoms. The highest BCUT2D eigenvalue weighted by Gasteiger charge is 2.55. The second-order valence-electron chi connectivity index (χ2n) is 5.16. The summed E-state index contributed by atoms with van der Waals surface area (Å²) in [6.07, 6.45) is 0.866. The summed E-state index contributed by atoms with van der Waals surface area (Å²) in [4.78, 5) is 13.6. The van der Waals surface area contributed by atoms with E-state index in [2.05, 4.69) is 6.92 Å². The van der Waals surface area contributed by atoms with E-state index in [1.807, 2.05) is 30.3 Å². The lowest BCUT2D eigenvalue weighted by atomic mass is 9.99. The van der Waals surface area contributed by atoms with E-state index in [1.54, 1.807) is 4.90 Å². The Bertz CT molecular complexity index is 448. The van der Waals surface area contributed by atoms with E-state index in [0.717, 1.165) is 18.5 Å². The van der Waals surface area contributed by atoms with Gasteiger partial charge < -0.3 is 14.4 Å². The molecular formula is C14H17NO3. The number of piperidine rings is 1. The fraction of sp³-hybridized carbons (Fsp3) is 0.500. The van der Waals surface area contributed by atoms with Crippen molar-refractivity contribution in [3.8, 4) is 0 Å². The molecular weight excluding hydrogens is 230 g/mol. The van der Waals surface area contributed by atoms with Crippen molar-refractivity contribution in [3.63, 3.8) is 0 Å². The van der Waals surface area contributed by atoms with Gasteiger partial charge in [-0.05, 0) is 18.9 Å². The van der Waals surface area contributed by atoms with Crippen molar-refractivity contribution in [2.75, 3.05) is 13.1 Å². The average molecular weight is 247 g/mol. The molecule has 0 spiro atoms. The molecule has 3 rings (SSSR count). The van der Waals surface area contributed by atoms with Gasteiger partial charge in [0.15, 0.2) is 0 Å². The number of carbonyl (C=O) groups excluding carboxylic acids is 1. The Morgan fingerprint density at radius 2 is 2.28 bits per heavy atom. The fourth-order valence-corrected chi connectivity index (χ4v) is 2.37. The van der Waals surface area contributed by atoms with Crippen LogP contribution in [0.4, 0.5) is 4.79 Å². The van der Waals surface area contributed by atoms with Gasteiger partial charge in [-0.15, -0.1) is 0 Å². The second-order valence-corrected chi connectivity index (χ2v) is 5.16. The standard InChI is InChI=1S/C14H17NO3/c1-14-7-8-15(9-12(14)18-14)13(16)17-10-11-5-3-2-4-6-11/h2-6,12H,7-10H2,1H3/t12-,14+/m0/s1. The summed E-state index contributed by atoms with van der Waals surface area (Å²) in [5.74, 6) is 0. The SMILES string of the molecule is C[C@@]12CCN(C(=O)OCc3ccccc3)C[C@@H]1O2. The molecule has 18 heavy (non-hydrogen) atoms. The average Bonchev–Trinajstić information content (AvgIpc) is 3.07. The maximum atomic E-state index is 11.9. The first-order chi connectivity index (χ1) is 8.67. The molecule has 2 heterocycles. The van der Waals surface area contributed by atoms with Crippen molar-refractivity contribution >= 4 is 6.09 Å². The lowest BCUT2D eigenvalue weighted by Gasteiger charge is -2.26. The van der Waals surface area contributed by atoms with Gasteiger partial charge in [-0.2, -0.15) is 0 Å². The summed E-state index contributed by atoms with van der Waals surface area (Å²) >= 11 is 0. The minimum Gasteiger partial charge on any atom is -0.445 e. The van der Waals surface area contributed by atoms with Crippen molar-refractivity contribution in [3.05, 3.63) is 35.9 Å². The molecule has 0 bridgehead atoms. The molecule has 2 saturated heterocycles. The zero-order valence-corrected chi connectivity index (χ0v) is 10.5. The third-order valence-corrected chi connectivity index (χ3v) is 3.76. The number of ether oxygens (including phenoxy) is 2. The first-order valence-corrected chi connectivity index (χ1v) is 6.31. The number of rotatable bonds is 2. The second kappa shape index (κ2) is 4.28. The van der Waals surface area contributed by atoms with Crippen LogP contribution in [0.25, 0.3) is 0 Å². The van der Waals surface area contributed by atoms with Crippen LogP contribution in [0.15, 0.2) is 30.3 Å². The molecule has 1 aromatic carbocycles. The minimum atomic E-state index is -0.239. The Balaban J connectivity index is 1.50. The third-order valence-electron chi connectivity index (χ3n) is 3.76. The Morgan fingerprint density at radius 1 is 1.50 bits per heavy atom. The maximum absolute atomic E-state index is 11.9. The van der Waals surface area contributed by atoms with Crippen LogP contribution < -0.4 is 0 Å². The number of carbonyl (C=O) groups is 1. The van der Waals surface area contributed by atoms with Gasteiger partial charge >= 0.3 is 6.09 Å². The normalized spacial score (nSPS) is 29.6. The number of likely N-dealkylation sites (tertiary alicyclic amines) is 1. The van der Waals surface area contributed by atoms with Crippen LogP contribution in [0.1, 0.15) is 18.9 Å². The third kappa shape index (κ3) is 2.20. The van der Waals surface area contributed by atoms with E-state index >= 15 is 0 Å². The van der Waals surface area contributed by atoms with E-state index in [1.165, 1.54) is 0 Å². The summed E-state index contributed by atoms with van der Waals surface area (Å²) < 4.78 is 10.9. The maximum Gasteiger partial charge on any atom is 0.410 e. The van der Waals surface area contributed by atoms with Gasteiger partial charge in [0.25, 0.3) is 0 Å². The van der Waals surface area contributed by atoms with E-state index in [-0.39, 0.29) is 17.8 Å². The summed E-state index contributed by atoms with van der Waals surface area (Å²) in [6, 6.07) is 9.72. The van der Waals surface area contributed by atoms with Gasteiger partial charge in [-0.1, -0.05) is 30.3 Å².